The fourth-order valence-electron chi connectivity index (χ4n) is 1.84. The lowest BCUT2D eigenvalue weighted by atomic mass is 9.97. The predicted molar refractivity (Wildman–Crippen MR) is 71.9 cm³/mol. The number of likely N-dealkylation sites (N-methyl/N-ethyl adjacent to an activating group) is 1. The summed E-state index contributed by atoms with van der Waals surface area (Å²) in [5.74, 6) is 0. The van der Waals surface area contributed by atoms with Crippen LogP contribution < -0.4 is 5.73 Å². The maximum absolute atomic E-state index is 9.42. The molecule has 1 rings (SSSR count). The summed E-state index contributed by atoms with van der Waals surface area (Å²) in [6.07, 6.45) is 0. The minimum atomic E-state index is -0.269. The third kappa shape index (κ3) is 3.28. The largest absolute Gasteiger partial charge is 0.394 e. The van der Waals surface area contributed by atoms with Gasteiger partial charge in [0.1, 0.15) is 0 Å². The molecule has 0 fully saturated rings. The number of rotatable bonds is 5. The second-order valence-electron chi connectivity index (χ2n) is 5.24. The van der Waals surface area contributed by atoms with Crippen molar-refractivity contribution in [3.05, 3.63) is 35.4 Å². The zero-order valence-corrected chi connectivity index (χ0v) is 11.3. The third-order valence-electron chi connectivity index (χ3n) is 3.49. The van der Waals surface area contributed by atoms with Crippen LogP contribution in [0.15, 0.2) is 24.3 Å². The van der Waals surface area contributed by atoms with E-state index < -0.39 is 0 Å². The zero-order chi connectivity index (χ0) is 13.1. The van der Waals surface area contributed by atoms with E-state index in [9.17, 15) is 5.11 Å². The van der Waals surface area contributed by atoms with Crippen LogP contribution in [-0.4, -0.2) is 35.7 Å². The van der Waals surface area contributed by atoms with Gasteiger partial charge in [0.25, 0.3) is 0 Å². The molecule has 0 spiro atoms. The summed E-state index contributed by atoms with van der Waals surface area (Å²) >= 11 is 0. The van der Waals surface area contributed by atoms with Gasteiger partial charge in [-0.1, -0.05) is 29.8 Å². The molecular weight excluding hydrogens is 212 g/mol. The summed E-state index contributed by atoms with van der Waals surface area (Å²) in [5, 5.41) is 9.42. The van der Waals surface area contributed by atoms with E-state index in [2.05, 4.69) is 36.1 Å². The van der Waals surface area contributed by atoms with E-state index in [1.165, 1.54) is 11.1 Å². The SMILES string of the molecule is Cc1ccc(C(CN)N(C)C(C)(C)CO)cc1. The van der Waals surface area contributed by atoms with Gasteiger partial charge >= 0.3 is 0 Å². The number of benzene rings is 1. The van der Waals surface area contributed by atoms with Crippen LogP contribution in [0.1, 0.15) is 31.0 Å². The Kier molecular flexibility index (Phi) is 4.69. The van der Waals surface area contributed by atoms with Crippen LogP contribution in [0.2, 0.25) is 0 Å². The third-order valence-corrected chi connectivity index (χ3v) is 3.49. The predicted octanol–water partition coefficient (Wildman–Crippen LogP) is 1.70. The summed E-state index contributed by atoms with van der Waals surface area (Å²) in [6, 6.07) is 8.54. The normalized spacial score (nSPS) is 14.1. The first-order valence-electron chi connectivity index (χ1n) is 6.03. The smallest absolute Gasteiger partial charge is 0.0610 e. The first kappa shape index (κ1) is 14.2. The topological polar surface area (TPSA) is 49.5 Å². The van der Waals surface area contributed by atoms with E-state index in [4.69, 9.17) is 5.73 Å². The van der Waals surface area contributed by atoms with Gasteiger partial charge in [0.15, 0.2) is 0 Å². The van der Waals surface area contributed by atoms with E-state index in [1.807, 2.05) is 20.9 Å². The highest BCUT2D eigenvalue weighted by Crippen LogP contribution is 2.25. The average molecular weight is 236 g/mol. The van der Waals surface area contributed by atoms with Crippen molar-refractivity contribution in [1.82, 2.24) is 4.90 Å². The highest BCUT2D eigenvalue weighted by molar-refractivity contribution is 5.24. The van der Waals surface area contributed by atoms with Crippen molar-refractivity contribution in [2.45, 2.75) is 32.4 Å². The maximum atomic E-state index is 9.42. The monoisotopic (exact) mass is 236 g/mol. The molecule has 0 amide bonds. The minimum absolute atomic E-state index is 0.117. The Balaban J connectivity index is 2.95. The van der Waals surface area contributed by atoms with Crippen molar-refractivity contribution in [2.75, 3.05) is 20.2 Å². The van der Waals surface area contributed by atoms with Crippen molar-refractivity contribution < 1.29 is 5.11 Å². The number of aliphatic hydroxyl groups is 1. The molecule has 0 bridgehead atoms. The first-order valence-corrected chi connectivity index (χ1v) is 6.03. The van der Waals surface area contributed by atoms with Crippen LogP contribution in [0, 0.1) is 6.92 Å². The Labute approximate surface area is 104 Å². The average Bonchev–Trinajstić information content (AvgIpc) is 2.32. The summed E-state index contributed by atoms with van der Waals surface area (Å²) < 4.78 is 0. The Hall–Kier alpha value is -0.900. The molecule has 0 aliphatic rings. The van der Waals surface area contributed by atoms with Crippen molar-refractivity contribution in [3.8, 4) is 0 Å². The van der Waals surface area contributed by atoms with E-state index in [-0.39, 0.29) is 18.2 Å². The molecule has 1 aromatic rings. The molecule has 1 aromatic carbocycles. The van der Waals surface area contributed by atoms with Gasteiger partial charge in [-0.25, -0.2) is 0 Å². The van der Waals surface area contributed by atoms with E-state index in [1.54, 1.807) is 0 Å². The molecular formula is C14H24N2O. The highest BCUT2D eigenvalue weighted by Gasteiger charge is 2.28. The molecule has 0 aliphatic heterocycles. The quantitative estimate of drug-likeness (QED) is 0.818. The van der Waals surface area contributed by atoms with Crippen molar-refractivity contribution in [2.24, 2.45) is 5.73 Å². The molecule has 96 valence electrons. The molecule has 0 radical (unpaired) electrons. The van der Waals surface area contributed by atoms with Crippen molar-refractivity contribution >= 4 is 0 Å². The van der Waals surface area contributed by atoms with E-state index >= 15 is 0 Å². The summed E-state index contributed by atoms with van der Waals surface area (Å²) in [7, 11) is 2.01. The molecule has 0 heterocycles. The zero-order valence-electron chi connectivity index (χ0n) is 11.3. The van der Waals surface area contributed by atoms with E-state index in [0.717, 1.165) is 0 Å². The molecule has 3 heteroatoms. The summed E-state index contributed by atoms with van der Waals surface area (Å²) in [5.41, 5.74) is 8.04. The van der Waals surface area contributed by atoms with Gasteiger partial charge in [0.05, 0.1) is 6.61 Å². The molecule has 0 saturated carbocycles. The second kappa shape index (κ2) is 5.63. The maximum Gasteiger partial charge on any atom is 0.0610 e. The van der Waals surface area contributed by atoms with Gasteiger partial charge in [0, 0.05) is 18.1 Å². The van der Waals surface area contributed by atoms with Gasteiger partial charge in [-0.2, -0.15) is 0 Å². The summed E-state index contributed by atoms with van der Waals surface area (Å²) in [4.78, 5) is 2.14. The van der Waals surface area contributed by atoms with Crippen molar-refractivity contribution in [3.63, 3.8) is 0 Å². The standard InChI is InChI=1S/C14H24N2O/c1-11-5-7-12(8-6-11)13(9-15)16(4)14(2,3)10-17/h5-8,13,17H,9-10,15H2,1-4H3. The van der Waals surface area contributed by atoms with Gasteiger partial charge < -0.3 is 10.8 Å². The number of hydrogen-bond donors (Lipinski definition) is 2. The van der Waals surface area contributed by atoms with Gasteiger partial charge in [-0.05, 0) is 33.4 Å². The van der Waals surface area contributed by atoms with Crippen LogP contribution in [0.4, 0.5) is 0 Å². The van der Waals surface area contributed by atoms with Crippen molar-refractivity contribution in [1.29, 1.82) is 0 Å². The van der Waals surface area contributed by atoms with Crippen LogP contribution in [0.3, 0.4) is 0 Å². The number of nitrogens with two attached hydrogens (primary N) is 1. The molecule has 0 saturated heterocycles. The molecule has 1 unspecified atom stereocenters. The first-order chi connectivity index (χ1) is 7.92. The number of aryl methyl sites for hydroxylation is 1. The fourth-order valence-corrected chi connectivity index (χ4v) is 1.84. The van der Waals surface area contributed by atoms with Crippen LogP contribution >= 0.6 is 0 Å². The molecule has 3 nitrogen and oxygen atoms in total. The van der Waals surface area contributed by atoms with Gasteiger partial charge in [-0.15, -0.1) is 0 Å². The number of nitrogens with zero attached hydrogens (tertiary/aromatic N) is 1. The van der Waals surface area contributed by atoms with Gasteiger partial charge in [0.2, 0.25) is 0 Å². The molecule has 3 N–H and O–H groups in total. The molecule has 0 aliphatic carbocycles. The highest BCUT2D eigenvalue weighted by atomic mass is 16.3. The lowest BCUT2D eigenvalue weighted by molar-refractivity contribution is 0.0470. The number of aliphatic hydroxyl groups excluding tert-OH is 1. The molecule has 17 heavy (non-hydrogen) atoms. The van der Waals surface area contributed by atoms with Crippen LogP contribution in [-0.2, 0) is 0 Å². The Bertz CT molecular complexity index is 346. The van der Waals surface area contributed by atoms with Crippen LogP contribution in [0.5, 0.6) is 0 Å². The Morgan fingerprint density at radius 3 is 2.24 bits per heavy atom. The minimum Gasteiger partial charge on any atom is -0.394 e. The lowest BCUT2D eigenvalue weighted by Gasteiger charge is -2.39. The lowest BCUT2D eigenvalue weighted by Crippen LogP contribution is -2.48. The number of hydrogen-bond acceptors (Lipinski definition) is 3. The van der Waals surface area contributed by atoms with E-state index in [0.29, 0.717) is 6.54 Å². The second-order valence-corrected chi connectivity index (χ2v) is 5.24. The molecule has 0 aromatic heterocycles. The summed E-state index contributed by atoms with van der Waals surface area (Å²) in [6.45, 7) is 6.77. The van der Waals surface area contributed by atoms with Crippen LogP contribution in [0.25, 0.3) is 0 Å². The Morgan fingerprint density at radius 2 is 1.82 bits per heavy atom. The molecule has 1 atom stereocenters. The fraction of sp³-hybridized carbons (Fsp3) is 0.571. The van der Waals surface area contributed by atoms with Gasteiger partial charge in [-0.3, -0.25) is 4.90 Å². The Morgan fingerprint density at radius 1 is 1.29 bits per heavy atom.